The van der Waals surface area contributed by atoms with E-state index in [1.807, 2.05) is 6.92 Å². The summed E-state index contributed by atoms with van der Waals surface area (Å²) in [5, 5.41) is 0. The van der Waals surface area contributed by atoms with Crippen molar-refractivity contribution in [2.75, 3.05) is 20.0 Å². The summed E-state index contributed by atoms with van der Waals surface area (Å²) in [7, 11) is 7.40. The second kappa shape index (κ2) is 8.94. The molecule has 0 aromatic heterocycles. The molecular weight excluding hydrogens is 358 g/mol. The minimum Gasteiger partial charge on any atom is -0.382 e. The van der Waals surface area contributed by atoms with E-state index >= 15 is 0 Å². The van der Waals surface area contributed by atoms with E-state index in [1.54, 1.807) is 13.4 Å². The van der Waals surface area contributed by atoms with Crippen LogP contribution in [0, 0.1) is 0 Å². The number of rotatable bonds is 8. The van der Waals surface area contributed by atoms with Gasteiger partial charge in [0.25, 0.3) is 0 Å². The molecule has 2 fully saturated rings. The second-order valence-electron chi connectivity index (χ2n) is 5.57. The van der Waals surface area contributed by atoms with Crippen LogP contribution in [0.15, 0.2) is 0 Å². The van der Waals surface area contributed by atoms with Crippen LogP contribution in [0.1, 0.15) is 26.2 Å². The molecule has 7 atom stereocenters. The molecule has 0 saturated carbocycles. The van der Waals surface area contributed by atoms with Crippen molar-refractivity contribution in [2.24, 2.45) is 0 Å². The van der Waals surface area contributed by atoms with E-state index in [0.29, 0.717) is 12.8 Å². The quantitative estimate of drug-likeness (QED) is 0.393. The van der Waals surface area contributed by atoms with Crippen LogP contribution in [-0.2, 0) is 27.8 Å². The number of thiol groups is 1. The van der Waals surface area contributed by atoms with Crippen molar-refractivity contribution in [1.29, 1.82) is 0 Å². The summed E-state index contributed by atoms with van der Waals surface area (Å²) in [6, 6.07) is -0.388. The van der Waals surface area contributed by atoms with Crippen LogP contribution in [0.25, 0.3) is 0 Å². The van der Waals surface area contributed by atoms with Gasteiger partial charge in [0, 0.05) is 19.5 Å². The lowest BCUT2D eigenvalue weighted by molar-refractivity contribution is -0.0187. The maximum Gasteiger partial charge on any atom is 0.389 e. The Labute approximate surface area is 148 Å². The highest BCUT2D eigenvalue weighted by molar-refractivity contribution is 8.54. The summed E-state index contributed by atoms with van der Waals surface area (Å²) in [6.45, 7) is -1.21. The van der Waals surface area contributed by atoms with Crippen LogP contribution >= 0.6 is 30.8 Å². The van der Waals surface area contributed by atoms with Crippen molar-refractivity contribution in [3.05, 3.63) is 0 Å². The maximum absolute atomic E-state index is 12.8. The van der Waals surface area contributed by atoms with Crippen molar-refractivity contribution in [3.63, 3.8) is 0 Å². The van der Waals surface area contributed by atoms with Gasteiger partial charge in [-0.3, -0.25) is 9.05 Å². The molecule has 0 amide bonds. The van der Waals surface area contributed by atoms with E-state index < -0.39 is 6.80 Å². The fraction of sp³-hybridized carbons (Fsp3) is 1.00. The van der Waals surface area contributed by atoms with Crippen LogP contribution in [0.3, 0.4) is 0 Å². The van der Waals surface area contributed by atoms with E-state index in [-0.39, 0.29) is 42.5 Å². The van der Waals surface area contributed by atoms with Crippen LogP contribution in [0.5, 0.6) is 0 Å². The first-order valence-electron chi connectivity index (χ1n) is 7.66. The monoisotopic (exact) mass is 382 g/mol. The Bertz CT molecular complexity index is 431. The Morgan fingerprint density at radius 3 is 2.65 bits per heavy atom. The molecule has 132 valence electrons. The summed E-state index contributed by atoms with van der Waals surface area (Å²) >= 11 is 5.35. The highest BCUT2D eigenvalue weighted by Gasteiger charge is 2.40. The summed E-state index contributed by atoms with van der Waals surface area (Å²) in [5.74, 6) is 0. The number of methoxy groups -OCH3 is 1. The van der Waals surface area contributed by atoms with Gasteiger partial charge < -0.3 is 14.2 Å². The molecule has 0 aromatic carbocycles. The van der Waals surface area contributed by atoms with E-state index in [9.17, 15) is 4.57 Å². The Kier molecular flexibility index (Phi) is 7.82. The molecule has 6 nitrogen and oxygen atoms in total. The average molecular weight is 382 g/mol. The van der Waals surface area contributed by atoms with Gasteiger partial charge in [-0.2, -0.15) is 0 Å². The lowest BCUT2D eigenvalue weighted by atomic mass is 9.96. The van der Waals surface area contributed by atoms with Gasteiger partial charge in [0.2, 0.25) is 0 Å². The van der Waals surface area contributed by atoms with Gasteiger partial charge in [-0.15, -0.1) is 12.6 Å². The standard InChI is InChI=1S/C13H24BO6PS2/c1-4-8-10(5-12(14)18-8)20-21(15,23-3)17-7-11-9(16-2)6-13(22)19-11/h8-13,22H,4-7H2,1-3H3. The Morgan fingerprint density at radius 2 is 2.04 bits per heavy atom. The van der Waals surface area contributed by atoms with Gasteiger partial charge in [0.15, 0.2) is 0 Å². The lowest BCUT2D eigenvalue weighted by Gasteiger charge is -2.25. The molecule has 2 heterocycles. The first-order chi connectivity index (χ1) is 10.9. The van der Waals surface area contributed by atoms with Crippen LogP contribution in [0.4, 0.5) is 0 Å². The molecule has 2 saturated heterocycles. The van der Waals surface area contributed by atoms with Gasteiger partial charge in [0.1, 0.15) is 19.4 Å². The number of hydrogen-bond acceptors (Lipinski definition) is 8. The Morgan fingerprint density at radius 1 is 1.30 bits per heavy atom. The van der Waals surface area contributed by atoms with E-state index in [0.717, 1.165) is 17.8 Å². The summed E-state index contributed by atoms with van der Waals surface area (Å²) in [6.07, 6.45) is 2.69. The minimum atomic E-state index is -3.32. The molecule has 2 aliphatic heterocycles. The zero-order valence-electron chi connectivity index (χ0n) is 13.6. The van der Waals surface area contributed by atoms with Crippen molar-refractivity contribution < 1.29 is 27.8 Å². The highest BCUT2D eigenvalue weighted by Crippen LogP contribution is 2.61. The van der Waals surface area contributed by atoms with Gasteiger partial charge in [-0.1, -0.05) is 6.92 Å². The fourth-order valence-electron chi connectivity index (χ4n) is 2.77. The van der Waals surface area contributed by atoms with Crippen molar-refractivity contribution in [2.45, 2.75) is 62.0 Å². The fourth-order valence-corrected chi connectivity index (χ4v) is 5.35. The third-order valence-electron chi connectivity index (χ3n) is 4.00. The molecule has 2 radical (unpaired) electrons. The van der Waals surface area contributed by atoms with Gasteiger partial charge >= 0.3 is 6.80 Å². The number of hydrogen-bond donors (Lipinski definition) is 1. The first kappa shape index (κ1) is 20.1. The molecule has 0 aromatic rings. The van der Waals surface area contributed by atoms with E-state index in [4.69, 9.17) is 31.1 Å². The molecule has 0 spiro atoms. The van der Waals surface area contributed by atoms with Crippen molar-refractivity contribution in [3.8, 4) is 0 Å². The Balaban J connectivity index is 1.91. The van der Waals surface area contributed by atoms with Gasteiger partial charge in [-0.05, 0) is 30.5 Å². The molecule has 2 rings (SSSR count). The molecule has 23 heavy (non-hydrogen) atoms. The molecular formula is C13H24BO6PS2. The highest BCUT2D eigenvalue weighted by atomic mass is 32.7. The topological polar surface area (TPSA) is 63.2 Å². The average Bonchev–Trinajstić information content (AvgIpc) is 3.06. The normalized spacial score (nSPS) is 40.3. The minimum absolute atomic E-state index is 0.126. The molecule has 10 heteroatoms. The predicted octanol–water partition coefficient (Wildman–Crippen LogP) is 2.61. The van der Waals surface area contributed by atoms with Gasteiger partial charge in [-0.25, -0.2) is 4.57 Å². The number of ether oxygens (including phenoxy) is 3. The smallest absolute Gasteiger partial charge is 0.382 e. The van der Waals surface area contributed by atoms with Crippen molar-refractivity contribution >= 4 is 38.7 Å². The molecule has 7 unspecified atom stereocenters. The predicted molar refractivity (Wildman–Crippen MR) is 94.3 cm³/mol. The summed E-state index contributed by atoms with van der Waals surface area (Å²) < 4.78 is 40.7. The second-order valence-corrected chi connectivity index (χ2v) is 10.3. The van der Waals surface area contributed by atoms with Crippen LogP contribution in [0.2, 0.25) is 0 Å². The maximum atomic E-state index is 12.8. The van der Waals surface area contributed by atoms with E-state index in [2.05, 4.69) is 12.6 Å². The van der Waals surface area contributed by atoms with E-state index in [1.165, 1.54) is 0 Å². The summed E-state index contributed by atoms with van der Waals surface area (Å²) in [4.78, 5) is 0. The largest absolute Gasteiger partial charge is 0.389 e. The lowest BCUT2D eigenvalue weighted by Crippen LogP contribution is -2.28. The Hall–Kier alpha value is 0.795. The molecule has 2 aliphatic rings. The third kappa shape index (κ3) is 5.38. The zero-order chi connectivity index (χ0) is 17.0. The summed E-state index contributed by atoms with van der Waals surface area (Å²) in [5.41, 5.74) is -0.200. The molecule has 0 bridgehead atoms. The molecule has 0 aliphatic carbocycles. The van der Waals surface area contributed by atoms with Crippen LogP contribution in [-0.4, -0.2) is 63.7 Å². The zero-order valence-corrected chi connectivity index (χ0v) is 16.2. The van der Waals surface area contributed by atoms with Crippen LogP contribution < -0.4 is 0 Å². The van der Waals surface area contributed by atoms with Crippen molar-refractivity contribution in [1.82, 2.24) is 0 Å². The van der Waals surface area contributed by atoms with Gasteiger partial charge in [0.05, 0.1) is 24.9 Å². The molecule has 0 N–H and O–H groups in total. The SMILES string of the molecule is [B]C1CC(OP(=O)(OCC2OC(S)CC2OC)SC)C(CC)O1. The first-order valence-corrected chi connectivity index (χ1v) is 11.6. The third-order valence-corrected chi connectivity index (χ3v) is 7.69.